The molecule has 9 heteroatoms. The van der Waals surface area contributed by atoms with Crippen LogP contribution in [0.2, 0.25) is 5.02 Å². The van der Waals surface area contributed by atoms with Crippen molar-refractivity contribution >= 4 is 68.4 Å². The Morgan fingerprint density at radius 2 is 1.83 bits per heavy atom. The van der Waals surface area contributed by atoms with Crippen LogP contribution in [0.1, 0.15) is 13.8 Å². The molecule has 30 heavy (non-hydrogen) atoms. The fourth-order valence-corrected chi connectivity index (χ4v) is 4.92. The van der Waals surface area contributed by atoms with Crippen LogP contribution in [0, 0.1) is 5.82 Å². The minimum absolute atomic E-state index is 0. The Hall–Kier alpha value is -1.38. The SMILES string of the molecule is CCN(CC)CCN(C(=O)CSc1ccc(F)cc1)c1nc2ccc(Cl)cc2s1.Cl. The fraction of sp³-hybridized carbons (Fsp3) is 0.333. The van der Waals surface area contributed by atoms with Crippen molar-refractivity contribution in [2.45, 2.75) is 18.7 Å². The van der Waals surface area contributed by atoms with Crippen LogP contribution in [0.3, 0.4) is 0 Å². The summed E-state index contributed by atoms with van der Waals surface area (Å²) in [6.07, 6.45) is 0. The summed E-state index contributed by atoms with van der Waals surface area (Å²) in [5.41, 5.74) is 0.834. The third kappa shape index (κ3) is 6.56. The van der Waals surface area contributed by atoms with E-state index in [9.17, 15) is 9.18 Å². The summed E-state index contributed by atoms with van der Waals surface area (Å²) >= 11 is 8.97. The van der Waals surface area contributed by atoms with E-state index in [-0.39, 0.29) is 29.9 Å². The number of benzene rings is 2. The van der Waals surface area contributed by atoms with Crippen LogP contribution < -0.4 is 4.90 Å². The smallest absolute Gasteiger partial charge is 0.239 e. The Morgan fingerprint density at radius 1 is 1.13 bits per heavy atom. The normalized spacial score (nSPS) is 11.0. The molecule has 0 fully saturated rings. The number of hydrogen-bond acceptors (Lipinski definition) is 5. The topological polar surface area (TPSA) is 36.4 Å². The highest BCUT2D eigenvalue weighted by atomic mass is 35.5. The predicted molar refractivity (Wildman–Crippen MR) is 129 cm³/mol. The highest BCUT2D eigenvalue weighted by molar-refractivity contribution is 8.00. The van der Waals surface area contributed by atoms with Gasteiger partial charge in [0, 0.05) is 23.0 Å². The second-order valence-corrected chi connectivity index (χ2v) is 8.92. The lowest BCUT2D eigenvalue weighted by molar-refractivity contribution is -0.116. The zero-order valence-electron chi connectivity index (χ0n) is 16.8. The lowest BCUT2D eigenvalue weighted by Gasteiger charge is -2.24. The van der Waals surface area contributed by atoms with Crippen LogP contribution in [0.25, 0.3) is 10.2 Å². The van der Waals surface area contributed by atoms with E-state index in [1.165, 1.54) is 35.2 Å². The van der Waals surface area contributed by atoms with Gasteiger partial charge in [-0.25, -0.2) is 9.37 Å². The molecular weight excluding hydrogens is 464 g/mol. The van der Waals surface area contributed by atoms with Gasteiger partial charge >= 0.3 is 0 Å². The molecule has 0 radical (unpaired) electrons. The van der Waals surface area contributed by atoms with Crippen molar-refractivity contribution in [3.8, 4) is 0 Å². The van der Waals surface area contributed by atoms with Gasteiger partial charge in [0.05, 0.1) is 16.0 Å². The van der Waals surface area contributed by atoms with E-state index in [4.69, 9.17) is 11.6 Å². The molecule has 1 amide bonds. The molecule has 0 saturated carbocycles. The summed E-state index contributed by atoms with van der Waals surface area (Å²) in [7, 11) is 0. The molecule has 0 aliphatic heterocycles. The van der Waals surface area contributed by atoms with E-state index in [0.717, 1.165) is 34.7 Å². The van der Waals surface area contributed by atoms with Crippen LogP contribution in [-0.4, -0.2) is 47.7 Å². The number of rotatable bonds is 9. The number of hydrogen-bond donors (Lipinski definition) is 0. The number of anilines is 1. The molecule has 2 aromatic carbocycles. The maximum atomic E-state index is 13.1. The van der Waals surface area contributed by atoms with Gasteiger partial charge in [-0.2, -0.15) is 0 Å². The van der Waals surface area contributed by atoms with Gasteiger partial charge in [-0.1, -0.05) is 36.8 Å². The van der Waals surface area contributed by atoms with E-state index in [1.807, 2.05) is 12.1 Å². The number of thiazole rings is 1. The lowest BCUT2D eigenvalue weighted by atomic mass is 10.3. The van der Waals surface area contributed by atoms with Crippen LogP contribution >= 0.6 is 47.1 Å². The van der Waals surface area contributed by atoms with Gasteiger partial charge in [0.15, 0.2) is 5.13 Å². The van der Waals surface area contributed by atoms with Crippen molar-refractivity contribution in [3.05, 3.63) is 53.3 Å². The van der Waals surface area contributed by atoms with Gasteiger partial charge in [0.1, 0.15) is 5.82 Å². The van der Waals surface area contributed by atoms with E-state index in [0.29, 0.717) is 16.7 Å². The molecule has 0 unspecified atom stereocenters. The molecule has 162 valence electrons. The summed E-state index contributed by atoms with van der Waals surface area (Å²) in [5.74, 6) is -0.0353. The minimum Gasteiger partial charge on any atom is -0.302 e. The zero-order valence-corrected chi connectivity index (χ0v) is 20.0. The summed E-state index contributed by atoms with van der Waals surface area (Å²) in [6.45, 7) is 7.42. The number of halogens is 3. The molecule has 0 N–H and O–H groups in total. The van der Waals surface area contributed by atoms with Crippen molar-refractivity contribution < 1.29 is 9.18 Å². The first-order valence-electron chi connectivity index (χ1n) is 9.47. The third-order valence-electron chi connectivity index (χ3n) is 4.58. The van der Waals surface area contributed by atoms with E-state index < -0.39 is 0 Å². The molecule has 0 aliphatic rings. The average molecular weight is 488 g/mol. The summed E-state index contributed by atoms with van der Waals surface area (Å²) in [5, 5.41) is 1.33. The maximum Gasteiger partial charge on any atom is 0.239 e. The number of nitrogens with zero attached hydrogens (tertiary/aromatic N) is 3. The molecule has 0 bridgehead atoms. The van der Waals surface area contributed by atoms with Gasteiger partial charge in [-0.3, -0.25) is 9.69 Å². The predicted octanol–water partition coefficient (Wildman–Crippen LogP) is 5.98. The van der Waals surface area contributed by atoms with Crippen molar-refractivity contribution in [2.24, 2.45) is 0 Å². The molecule has 0 aliphatic carbocycles. The van der Waals surface area contributed by atoms with E-state index in [2.05, 4.69) is 23.7 Å². The average Bonchev–Trinajstić information content (AvgIpc) is 3.13. The quantitative estimate of drug-likeness (QED) is 0.348. The van der Waals surface area contributed by atoms with Gasteiger partial charge in [0.25, 0.3) is 0 Å². The monoisotopic (exact) mass is 487 g/mol. The van der Waals surface area contributed by atoms with E-state index >= 15 is 0 Å². The maximum absolute atomic E-state index is 13.1. The fourth-order valence-electron chi connectivity index (χ4n) is 2.86. The highest BCUT2D eigenvalue weighted by Crippen LogP contribution is 2.31. The van der Waals surface area contributed by atoms with Crippen molar-refractivity contribution in [1.82, 2.24) is 9.88 Å². The van der Waals surface area contributed by atoms with Crippen molar-refractivity contribution in [3.63, 3.8) is 0 Å². The molecule has 0 saturated heterocycles. The highest BCUT2D eigenvalue weighted by Gasteiger charge is 2.20. The van der Waals surface area contributed by atoms with Gasteiger partial charge in [-0.05, 0) is 55.6 Å². The first-order valence-corrected chi connectivity index (χ1v) is 11.6. The lowest BCUT2D eigenvalue weighted by Crippen LogP contribution is -2.39. The number of likely N-dealkylation sites (N-methyl/N-ethyl adjacent to an activating group) is 1. The number of aromatic nitrogens is 1. The Bertz CT molecular complexity index is 965. The Labute approximate surface area is 195 Å². The molecule has 4 nitrogen and oxygen atoms in total. The van der Waals surface area contributed by atoms with Crippen LogP contribution in [0.15, 0.2) is 47.4 Å². The summed E-state index contributed by atoms with van der Waals surface area (Å²) in [6, 6.07) is 11.7. The first kappa shape index (κ1) is 24.9. The van der Waals surface area contributed by atoms with Gasteiger partial charge < -0.3 is 4.90 Å². The molecule has 3 rings (SSSR count). The Balaban J connectivity index is 0.00000320. The van der Waals surface area contributed by atoms with E-state index in [1.54, 1.807) is 23.1 Å². The van der Waals surface area contributed by atoms with Crippen LogP contribution in [-0.2, 0) is 4.79 Å². The second kappa shape index (κ2) is 11.9. The molecule has 1 aromatic heterocycles. The number of fused-ring (bicyclic) bond motifs is 1. The zero-order chi connectivity index (χ0) is 20.8. The minimum atomic E-state index is -0.283. The number of carbonyl (C=O) groups is 1. The third-order valence-corrected chi connectivity index (χ3v) is 6.85. The molecule has 3 aromatic rings. The van der Waals surface area contributed by atoms with Crippen molar-refractivity contribution in [1.29, 1.82) is 0 Å². The first-order chi connectivity index (χ1) is 14.0. The van der Waals surface area contributed by atoms with Gasteiger partial charge in [0.2, 0.25) is 5.91 Å². The Morgan fingerprint density at radius 3 is 2.50 bits per heavy atom. The number of thioether (sulfide) groups is 1. The Kier molecular flexibility index (Phi) is 9.84. The van der Waals surface area contributed by atoms with Crippen molar-refractivity contribution in [2.75, 3.05) is 36.8 Å². The standard InChI is InChI=1S/C21H23ClFN3OS2.ClH/c1-3-25(4-2)11-12-26(20(27)14-28-17-8-6-16(23)7-9-17)21-24-18-10-5-15(22)13-19(18)29-21;/h5-10,13H,3-4,11-12,14H2,1-2H3;1H. The largest absolute Gasteiger partial charge is 0.302 e. The molecular formula is C21H24Cl2FN3OS2. The number of carbonyl (C=O) groups excluding carboxylic acids is 1. The summed E-state index contributed by atoms with van der Waals surface area (Å²) < 4.78 is 14.1. The van der Waals surface area contributed by atoms with Crippen LogP contribution in [0.4, 0.5) is 9.52 Å². The second-order valence-electron chi connectivity index (χ2n) is 6.42. The molecule has 0 spiro atoms. The van der Waals surface area contributed by atoms with Gasteiger partial charge in [-0.15, -0.1) is 24.2 Å². The molecule has 1 heterocycles. The number of amides is 1. The summed E-state index contributed by atoms with van der Waals surface area (Å²) in [4.78, 5) is 22.6. The van der Waals surface area contributed by atoms with Crippen LogP contribution in [0.5, 0.6) is 0 Å². The molecule has 0 atom stereocenters.